The summed E-state index contributed by atoms with van der Waals surface area (Å²) in [7, 11) is -3.09. The molecule has 0 aromatic heterocycles. The van der Waals surface area contributed by atoms with Crippen LogP contribution in [0.5, 0.6) is 0 Å². The largest absolute Gasteiger partial charge is 0.348 e. The Bertz CT molecular complexity index is 624. The van der Waals surface area contributed by atoms with Crippen LogP contribution in [0.2, 0.25) is 0 Å². The highest BCUT2D eigenvalue weighted by Gasteiger charge is 2.37. The topological polar surface area (TPSA) is 95.9 Å². The fraction of sp³-hybridized carbons (Fsp3) is 0.786. The summed E-state index contributed by atoms with van der Waals surface area (Å²) >= 11 is 0. The molecule has 2 fully saturated rings. The maximum absolute atomic E-state index is 12.2. The Kier molecular flexibility index (Phi) is 3.96. The van der Waals surface area contributed by atoms with Crippen molar-refractivity contribution >= 4 is 27.4 Å². The van der Waals surface area contributed by atoms with Crippen molar-refractivity contribution in [2.75, 3.05) is 11.5 Å². The van der Waals surface area contributed by atoms with E-state index in [1.165, 1.54) is 5.01 Å². The van der Waals surface area contributed by atoms with Crippen LogP contribution >= 0.6 is 0 Å². The minimum atomic E-state index is -3.09. The summed E-state index contributed by atoms with van der Waals surface area (Å²) in [6.07, 6.45) is 3.19. The molecule has 1 saturated carbocycles. The zero-order chi connectivity index (χ0) is 15.9. The van der Waals surface area contributed by atoms with Gasteiger partial charge in [0.2, 0.25) is 5.91 Å². The molecule has 8 heteroatoms. The molecule has 0 aromatic carbocycles. The van der Waals surface area contributed by atoms with Gasteiger partial charge in [0.1, 0.15) is 5.71 Å². The fourth-order valence-corrected chi connectivity index (χ4v) is 4.68. The first-order valence-electron chi connectivity index (χ1n) is 7.76. The number of hydrogen-bond donors (Lipinski definition) is 1. The van der Waals surface area contributed by atoms with Crippen molar-refractivity contribution in [3.05, 3.63) is 0 Å². The van der Waals surface area contributed by atoms with Crippen LogP contribution in [0.1, 0.15) is 39.0 Å². The van der Waals surface area contributed by atoms with Gasteiger partial charge in [0, 0.05) is 18.9 Å². The van der Waals surface area contributed by atoms with E-state index in [-0.39, 0.29) is 35.8 Å². The van der Waals surface area contributed by atoms with Crippen molar-refractivity contribution in [1.29, 1.82) is 0 Å². The van der Waals surface area contributed by atoms with Crippen molar-refractivity contribution < 1.29 is 18.0 Å². The Morgan fingerprint density at radius 1 is 1.32 bits per heavy atom. The van der Waals surface area contributed by atoms with Crippen LogP contribution in [0.4, 0.5) is 0 Å². The van der Waals surface area contributed by atoms with Gasteiger partial charge in [0.05, 0.1) is 17.5 Å². The summed E-state index contributed by atoms with van der Waals surface area (Å²) in [5.74, 6) is 0.129. The molecule has 3 rings (SSSR count). The fourth-order valence-electron chi connectivity index (χ4n) is 2.99. The number of carbonyl (C=O) groups excluding carboxylic acids is 2. The van der Waals surface area contributed by atoms with E-state index in [9.17, 15) is 18.0 Å². The Morgan fingerprint density at radius 2 is 2.05 bits per heavy atom. The third kappa shape index (κ3) is 3.31. The maximum Gasteiger partial charge on any atom is 0.267 e. The molecule has 2 unspecified atom stereocenters. The van der Waals surface area contributed by atoms with Crippen molar-refractivity contribution in [2.45, 2.75) is 51.1 Å². The van der Waals surface area contributed by atoms with Gasteiger partial charge in [-0.15, -0.1) is 0 Å². The summed E-state index contributed by atoms with van der Waals surface area (Å²) < 4.78 is 23.1. The summed E-state index contributed by atoms with van der Waals surface area (Å²) in [6.45, 7) is 1.98. The van der Waals surface area contributed by atoms with Crippen molar-refractivity contribution in [3.8, 4) is 0 Å². The van der Waals surface area contributed by atoms with E-state index >= 15 is 0 Å². The Morgan fingerprint density at radius 3 is 2.64 bits per heavy atom. The number of rotatable bonds is 4. The lowest BCUT2D eigenvalue weighted by Gasteiger charge is -2.28. The highest BCUT2D eigenvalue weighted by atomic mass is 32.2. The molecule has 22 heavy (non-hydrogen) atoms. The summed E-state index contributed by atoms with van der Waals surface area (Å²) in [5.41, 5.74) is 0.330. The molecule has 1 saturated heterocycles. The van der Waals surface area contributed by atoms with Gasteiger partial charge < -0.3 is 5.32 Å². The third-order valence-corrected chi connectivity index (χ3v) is 6.31. The maximum atomic E-state index is 12.2. The zero-order valence-electron chi connectivity index (χ0n) is 12.6. The monoisotopic (exact) mass is 327 g/mol. The van der Waals surface area contributed by atoms with E-state index in [0.717, 1.165) is 12.8 Å². The minimum absolute atomic E-state index is 0.0599. The molecule has 2 amide bonds. The van der Waals surface area contributed by atoms with Gasteiger partial charge in [-0.25, -0.2) is 13.4 Å². The van der Waals surface area contributed by atoms with E-state index in [2.05, 4.69) is 10.4 Å². The molecule has 1 aliphatic carbocycles. The smallest absolute Gasteiger partial charge is 0.267 e. The number of nitrogens with one attached hydrogen (secondary N) is 1. The van der Waals surface area contributed by atoms with Crippen LogP contribution in [0.15, 0.2) is 5.10 Å². The zero-order valence-corrected chi connectivity index (χ0v) is 13.4. The number of carbonyl (C=O) groups is 2. The van der Waals surface area contributed by atoms with Gasteiger partial charge in [-0.05, 0) is 32.1 Å². The molecule has 0 aromatic rings. The minimum Gasteiger partial charge on any atom is -0.348 e. The summed E-state index contributed by atoms with van der Waals surface area (Å²) in [5, 5.41) is 8.32. The molecular formula is C14H21N3O4S. The van der Waals surface area contributed by atoms with Crippen LogP contribution in [-0.4, -0.2) is 54.5 Å². The lowest BCUT2D eigenvalue weighted by molar-refractivity contribution is -0.133. The lowest BCUT2D eigenvalue weighted by atomic mass is 10.1. The molecule has 2 atom stereocenters. The molecule has 2 aliphatic heterocycles. The molecule has 2 heterocycles. The Hall–Kier alpha value is -1.44. The van der Waals surface area contributed by atoms with Gasteiger partial charge in [-0.2, -0.15) is 5.10 Å². The predicted molar refractivity (Wildman–Crippen MR) is 80.9 cm³/mol. The van der Waals surface area contributed by atoms with Gasteiger partial charge in [-0.3, -0.25) is 9.59 Å². The average Bonchev–Trinajstić information content (AvgIpc) is 3.23. The second kappa shape index (κ2) is 5.64. The van der Waals surface area contributed by atoms with E-state index in [4.69, 9.17) is 0 Å². The van der Waals surface area contributed by atoms with Crippen LogP contribution in [-0.2, 0) is 19.4 Å². The molecular weight excluding hydrogens is 306 g/mol. The first-order chi connectivity index (χ1) is 10.4. The normalized spacial score (nSPS) is 29.1. The van der Waals surface area contributed by atoms with E-state index in [1.54, 1.807) is 0 Å². The molecule has 7 nitrogen and oxygen atoms in total. The molecule has 0 spiro atoms. The average molecular weight is 327 g/mol. The predicted octanol–water partition coefficient (Wildman–Crippen LogP) is 0.0666. The number of nitrogens with zero attached hydrogens (tertiary/aromatic N) is 2. The van der Waals surface area contributed by atoms with Gasteiger partial charge in [0.15, 0.2) is 9.84 Å². The molecule has 0 radical (unpaired) electrons. The quantitative estimate of drug-likeness (QED) is 0.790. The molecule has 122 valence electrons. The van der Waals surface area contributed by atoms with Gasteiger partial charge >= 0.3 is 0 Å². The Balaban J connectivity index is 1.70. The third-order valence-electron chi connectivity index (χ3n) is 4.56. The number of hydrogen-bond acceptors (Lipinski definition) is 5. The number of hydrazone groups is 1. The second-order valence-corrected chi connectivity index (χ2v) is 8.67. The summed E-state index contributed by atoms with van der Waals surface area (Å²) in [6, 6.07) is -0.311. The van der Waals surface area contributed by atoms with E-state index < -0.39 is 15.9 Å². The standard InChI is InChI=1S/C14H21N3O4S/c1-9(10-2-3-10)15-14(19)12-4-5-13(18)17(16-12)11-6-7-22(20,21)8-11/h9-11H,2-8H2,1H3,(H,15,19). The first-order valence-corrected chi connectivity index (χ1v) is 9.59. The SMILES string of the molecule is CC(NC(=O)C1=NN(C2CCS(=O)(=O)C2)C(=O)CC1)C1CC1. The van der Waals surface area contributed by atoms with Gasteiger partial charge in [0.25, 0.3) is 5.91 Å². The van der Waals surface area contributed by atoms with Gasteiger partial charge in [-0.1, -0.05) is 0 Å². The highest BCUT2D eigenvalue weighted by molar-refractivity contribution is 7.91. The highest BCUT2D eigenvalue weighted by Crippen LogP contribution is 2.32. The first kappa shape index (κ1) is 15.5. The van der Waals surface area contributed by atoms with Crippen molar-refractivity contribution in [1.82, 2.24) is 10.3 Å². The van der Waals surface area contributed by atoms with Crippen LogP contribution < -0.4 is 5.32 Å². The van der Waals surface area contributed by atoms with Crippen LogP contribution in [0.3, 0.4) is 0 Å². The summed E-state index contributed by atoms with van der Waals surface area (Å²) in [4.78, 5) is 24.2. The second-order valence-electron chi connectivity index (χ2n) is 6.44. The van der Waals surface area contributed by atoms with Crippen LogP contribution in [0, 0.1) is 5.92 Å². The molecule has 1 N–H and O–H groups in total. The van der Waals surface area contributed by atoms with Crippen molar-refractivity contribution in [3.63, 3.8) is 0 Å². The van der Waals surface area contributed by atoms with E-state index in [0.29, 0.717) is 24.5 Å². The molecule has 3 aliphatic rings. The van der Waals surface area contributed by atoms with E-state index in [1.807, 2.05) is 6.92 Å². The lowest BCUT2D eigenvalue weighted by Crippen LogP contribution is -2.45. The molecule has 0 bridgehead atoms. The number of sulfone groups is 1. The Labute approximate surface area is 130 Å². The number of amides is 2. The van der Waals surface area contributed by atoms with Crippen LogP contribution in [0.25, 0.3) is 0 Å². The van der Waals surface area contributed by atoms with Crippen molar-refractivity contribution in [2.24, 2.45) is 11.0 Å².